The van der Waals surface area contributed by atoms with Crippen LogP contribution in [0.5, 0.6) is 0 Å². The van der Waals surface area contributed by atoms with Crippen LogP contribution >= 0.6 is 0 Å². The molecule has 1 fully saturated rings. The number of carbonyl (C=O) groups excluding carboxylic acids is 5. The number of aromatic nitrogens is 1. The highest BCUT2D eigenvalue weighted by Gasteiger charge is 2.39. The molecule has 0 saturated carbocycles. The van der Waals surface area contributed by atoms with Crippen molar-refractivity contribution < 1.29 is 28.7 Å². The number of amides is 4. The van der Waals surface area contributed by atoms with Crippen molar-refractivity contribution in [3.8, 4) is 0 Å². The standard InChI is InChI=1S/C38H51N5O6/c1-22(2)17-31-35(45)40-29(20-26-21-39-28-16-12-11-15-27(26)28)34(44)41-30(19-25-13-9-8-10-14-25)38(48)49-32(18-23(3)4)36(46)42-33(24(5)6)37(47)43(31)7/h8-16,21-24,29-33,39H,17-20H2,1-7H3,(H,40,45)(H,41,44)(H,42,46)/t29-,30-,31-,32-,33-/m0/s1. The Labute approximate surface area is 288 Å². The van der Waals surface area contributed by atoms with E-state index in [1.807, 2.05) is 96.1 Å². The molecule has 0 radical (unpaired) electrons. The summed E-state index contributed by atoms with van der Waals surface area (Å²) in [6.07, 6.45) is 1.34. The number of hydrogen-bond acceptors (Lipinski definition) is 6. The average molecular weight is 674 g/mol. The lowest BCUT2D eigenvalue weighted by atomic mass is 9.97. The number of fused-ring (bicyclic) bond motifs is 1. The van der Waals surface area contributed by atoms with Gasteiger partial charge in [-0.25, -0.2) is 4.79 Å². The van der Waals surface area contributed by atoms with Crippen molar-refractivity contribution in [3.63, 3.8) is 0 Å². The summed E-state index contributed by atoms with van der Waals surface area (Å²) in [5.74, 6) is -3.28. The molecule has 264 valence electrons. The highest BCUT2D eigenvalue weighted by Crippen LogP contribution is 2.21. The number of benzene rings is 2. The minimum atomic E-state index is -1.21. The maximum atomic E-state index is 14.2. The van der Waals surface area contributed by atoms with Crippen molar-refractivity contribution >= 4 is 40.5 Å². The molecular weight excluding hydrogens is 622 g/mol. The van der Waals surface area contributed by atoms with E-state index in [-0.39, 0.29) is 37.0 Å². The van der Waals surface area contributed by atoms with Gasteiger partial charge in [-0.2, -0.15) is 0 Å². The molecule has 0 bridgehead atoms. The zero-order chi connectivity index (χ0) is 35.8. The van der Waals surface area contributed by atoms with Crippen molar-refractivity contribution in [3.05, 3.63) is 71.9 Å². The number of rotatable bonds is 9. The molecule has 0 aliphatic carbocycles. The zero-order valence-electron chi connectivity index (χ0n) is 29.6. The summed E-state index contributed by atoms with van der Waals surface area (Å²) in [6, 6.07) is 12.7. The molecule has 1 aliphatic rings. The summed E-state index contributed by atoms with van der Waals surface area (Å²) in [5, 5.41) is 9.52. The van der Waals surface area contributed by atoms with Crippen molar-refractivity contribution in [2.75, 3.05) is 7.05 Å². The second-order valence-corrected chi connectivity index (χ2v) is 14.3. The lowest BCUT2D eigenvalue weighted by molar-refractivity contribution is -0.160. The fourth-order valence-electron chi connectivity index (χ4n) is 6.19. The predicted molar refractivity (Wildman–Crippen MR) is 188 cm³/mol. The van der Waals surface area contributed by atoms with Gasteiger partial charge in [0.2, 0.25) is 17.7 Å². The first-order valence-electron chi connectivity index (χ1n) is 17.2. The highest BCUT2D eigenvalue weighted by atomic mass is 16.5. The molecule has 1 aliphatic heterocycles. The number of para-hydroxylation sites is 1. The molecule has 0 unspecified atom stereocenters. The fraction of sp³-hybridized carbons (Fsp3) is 0.500. The number of likely N-dealkylation sites (N-methyl/N-ethyl adjacent to an activating group) is 1. The topological polar surface area (TPSA) is 150 Å². The number of aromatic amines is 1. The van der Waals surface area contributed by atoms with E-state index in [9.17, 15) is 24.0 Å². The van der Waals surface area contributed by atoms with Crippen LogP contribution in [0, 0.1) is 17.8 Å². The van der Waals surface area contributed by atoms with Crippen molar-refractivity contribution in [2.45, 2.75) is 97.5 Å². The quantitative estimate of drug-likeness (QED) is 0.253. The van der Waals surface area contributed by atoms with Gasteiger partial charge in [-0.1, -0.05) is 90.1 Å². The second kappa shape index (κ2) is 16.6. The van der Waals surface area contributed by atoms with E-state index < -0.39 is 59.9 Å². The summed E-state index contributed by atoms with van der Waals surface area (Å²) in [4.78, 5) is 74.7. The summed E-state index contributed by atoms with van der Waals surface area (Å²) < 4.78 is 5.88. The lowest BCUT2D eigenvalue weighted by Gasteiger charge is -2.34. The van der Waals surface area contributed by atoms with Crippen LogP contribution in [0.4, 0.5) is 0 Å². The monoisotopic (exact) mass is 673 g/mol. The molecule has 11 heteroatoms. The van der Waals surface area contributed by atoms with Gasteiger partial charge < -0.3 is 30.6 Å². The molecule has 2 heterocycles. The maximum absolute atomic E-state index is 14.2. The fourth-order valence-corrected chi connectivity index (χ4v) is 6.19. The van der Waals surface area contributed by atoms with Crippen LogP contribution in [-0.2, 0) is 41.6 Å². The molecule has 4 amide bonds. The van der Waals surface area contributed by atoms with E-state index in [4.69, 9.17) is 4.74 Å². The van der Waals surface area contributed by atoms with Gasteiger partial charge in [0.1, 0.15) is 24.2 Å². The first-order valence-corrected chi connectivity index (χ1v) is 17.2. The average Bonchev–Trinajstić information content (AvgIpc) is 3.46. The molecule has 4 rings (SSSR count). The van der Waals surface area contributed by atoms with E-state index in [1.54, 1.807) is 13.2 Å². The normalized spacial score (nSPS) is 23.3. The largest absolute Gasteiger partial charge is 0.451 e. The molecular formula is C38H51N5O6. The molecule has 1 aromatic heterocycles. The molecule has 5 atom stereocenters. The minimum Gasteiger partial charge on any atom is -0.451 e. The van der Waals surface area contributed by atoms with Gasteiger partial charge in [-0.15, -0.1) is 0 Å². The molecule has 1 saturated heterocycles. The molecule has 11 nitrogen and oxygen atoms in total. The summed E-state index contributed by atoms with van der Waals surface area (Å²) in [6.45, 7) is 11.3. The Morgan fingerprint density at radius 1 is 0.714 bits per heavy atom. The Bertz CT molecular complexity index is 1620. The van der Waals surface area contributed by atoms with Crippen molar-refractivity contribution in [2.24, 2.45) is 17.8 Å². The Kier molecular flexibility index (Phi) is 12.6. The molecule has 4 N–H and O–H groups in total. The van der Waals surface area contributed by atoms with Crippen LogP contribution in [0.25, 0.3) is 10.9 Å². The Hall–Kier alpha value is -4.67. The number of carbonyl (C=O) groups is 5. The van der Waals surface area contributed by atoms with Crippen molar-refractivity contribution in [1.29, 1.82) is 0 Å². The molecule has 0 spiro atoms. The Balaban J connectivity index is 1.81. The zero-order valence-corrected chi connectivity index (χ0v) is 29.6. The van der Waals surface area contributed by atoms with Crippen LogP contribution < -0.4 is 16.0 Å². The van der Waals surface area contributed by atoms with E-state index in [0.717, 1.165) is 22.0 Å². The van der Waals surface area contributed by atoms with Crippen LogP contribution in [0.2, 0.25) is 0 Å². The third kappa shape index (κ3) is 9.70. The van der Waals surface area contributed by atoms with Gasteiger partial charge in [-0.3, -0.25) is 19.2 Å². The van der Waals surface area contributed by atoms with E-state index in [0.29, 0.717) is 6.42 Å². The van der Waals surface area contributed by atoms with Crippen LogP contribution in [0.1, 0.15) is 65.5 Å². The number of hydrogen-bond donors (Lipinski definition) is 4. The molecule has 49 heavy (non-hydrogen) atoms. The summed E-state index contributed by atoms with van der Waals surface area (Å²) in [7, 11) is 1.55. The van der Waals surface area contributed by atoms with Gasteiger partial charge >= 0.3 is 5.97 Å². The van der Waals surface area contributed by atoms with Gasteiger partial charge in [-0.05, 0) is 47.8 Å². The third-order valence-corrected chi connectivity index (χ3v) is 8.89. The third-order valence-electron chi connectivity index (χ3n) is 8.89. The van der Waals surface area contributed by atoms with E-state index in [2.05, 4.69) is 20.9 Å². The highest BCUT2D eigenvalue weighted by molar-refractivity contribution is 5.97. The number of nitrogens with zero attached hydrogens (tertiary/aromatic N) is 1. The van der Waals surface area contributed by atoms with Crippen LogP contribution in [0.3, 0.4) is 0 Å². The predicted octanol–water partition coefficient (Wildman–Crippen LogP) is 3.91. The second-order valence-electron chi connectivity index (χ2n) is 14.3. The number of ether oxygens (including phenoxy) is 1. The number of cyclic esters (lactones) is 1. The van der Waals surface area contributed by atoms with Gasteiger partial charge in [0.25, 0.3) is 5.91 Å². The van der Waals surface area contributed by atoms with Gasteiger partial charge in [0, 0.05) is 37.0 Å². The molecule has 2 aromatic carbocycles. The summed E-state index contributed by atoms with van der Waals surface area (Å²) in [5.41, 5.74) is 2.45. The van der Waals surface area contributed by atoms with E-state index in [1.165, 1.54) is 4.90 Å². The lowest BCUT2D eigenvalue weighted by Crippen LogP contribution is -2.59. The smallest absolute Gasteiger partial charge is 0.329 e. The number of esters is 1. The number of H-pyrrole nitrogens is 1. The Morgan fingerprint density at radius 2 is 1.35 bits per heavy atom. The van der Waals surface area contributed by atoms with Gasteiger partial charge in [0.05, 0.1) is 0 Å². The first kappa shape index (κ1) is 37.2. The van der Waals surface area contributed by atoms with Crippen molar-refractivity contribution in [1.82, 2.24) is 25.8 Å². The van der Waals surface area contributed by atoms with Crippen LogP contribution in [0.15, 0.2) is 60.8 Å². The maximum Gasteiger partial charge on any atom is 0.329 e. The van der Waals surface area contributed by atoms with Crippen LogP contribution in [-0.4, -0.2) is 76.8 Å². The summed E-state index contributed by atoms with van der Waals surface area (Å²) >= 11 is 0. The van der Waals surface area contributed by atoms with E-state index >= 15 is 0 Å². The SMILES string of the molecule is CC(C)C[C@@H]1OC(=O)[C@H](Cc2ccccc2)NC(=O)[C@H](Cc2c[nH]c3ccccc23)NC(=O)[C@H](CC(C)C)N(C)C(=O)[C@H](C(C)C)NC1=O. The Morgan fingerprint density at radius 3 is 2.00 bits per heavy atom. The molecule has 3 aromatic rings. The minimum absolute atomic E-state index is 0.0257. The van der Waals surface area contributed by atoms with Gasteiger partial charge in [0.15, 0.2) is 6.10 Å². The number of nitrogens with one attached hydrogen (secondary N) is 4. The first-order chi connectivity index (χ1) is 23.2.